The van der Waals surface area contributed by atoms with Gasteiger partial charge < -0.3 is 4.57 Å². The fourth-order valence-electron chi connectivity index (χ4n) is 2.80. The molecule has 1 aromatic carbocycles. The number of rotatable bonds is 6. The number of fused-ring (bicyclic) bond motifs is 1. The number of benzene rings is 1. The van der Waals surface area contributed by atoms with Gasteiger partial charge in [-0.05, 0) is 38.3 Å². The van der Waals surface area contributed by atoms with E-state index in [0.29, 0.717) is 11.1 Å². The minimum absolute atomic E-state index is 0.124. The first-order valence-corrected chi connectivity index (χ1v) is 8.53. The van der Waals surface area contributed by atoms with Gasteiger partial charge in [0.15, 0.2) is 0 Å². The number of imidazole rings is 1. The molecule has 0 fully saturated rings. The second-order valence-corrected chi connectivity index (χ2v) is 7.30. The molecule has 0 saturated carbocycles. The van der Waals surface area contributed by atoms with Gasteiger partial charge in [-0.25, -0.2) is 4.98 Å². The van der Waals surface area contributed by atoms with Gasteiger partial charge in [-0.1, -0.05) is 44.4 Å². The maximum Gasteiger partial charge on any atom is 0.128 e. The van der Waals surface area contributed by atoms with Crippen LogP contribution in [0.1, 0.15) is 64.2 Å². The van der Waals surface area contributed by atoms with E-state index in [4.69, 9.17) is 23.2 Å². The number of alkyl halides is 1. The number of hydrogen-bond acceptors (Lipinski definition) is 1. The lowest BCUT2D eigenvalue weighted by molar-refractivity contribution is 0.444. The van der Waals surface area contributed by atoms with Gasteiger partial charge in [0.1, 0.15) is 11.3 Å². The normalized spacial score (nSPS) is 14.8. The van der Waals surface area contributed by atoms with Crippen molar-refractivity contribution in [1.82, 2.24) is 9.55 Å². The first-order chi connectivity index (χ1) is 9.91. The lowest BCUT2D eigenvalue weighted by Gasteiger charge is -2.19. The molecule has 0 aliphatic carbocycles. The average Bonchev–Trinajstić information content (AvgIpc) is 2.79. The standard InChI is InChI=1S/C17H24Cl2N2/c1-11(2)7-5-8-12(3)21-15-10-6-9-14(19)16(15)20-17(21)13(4)18/h6,9-13H,5,7-8H2,1-4H3. The molecule has 2 atom stereocenters. The van der Waals surface area contributed by atoms with E-state index in [0.717, 1.165) is 29.2 Å². The van der Waals surface area contributed by atoms with Crippen LogP contribution in [0.5, 0.6) is 0 Å². The average molecular weight is 327 g/mol. The molecule has 2 unspecified atom stereocenters. The van der Waals surface area contributed by atoms with Crippen molar-refractivity contribution >= 4 is 34.2 Å². The predicted molar refractivity (Wildman–Crippen MR) is 92.4 cm³/mol. The summed E-state index contributed by atoms with van der Waals surface area (Å²) in [4.78, 5) is 4.68. The Bertz CT molecular complexity index is 602. The molecule has 0 N–H and O–H groups in total. The minimum Gasteiger partial charge on any atom is -0.324 e. The monoisotopic (exact) mass is 326 g/mol. The molecule has 2 aromatic rings. The summed E-state index contributed by atoms with van der Waals surface area (Å²) in [6.45, 7) is 8.74. The molecule has 1 aromatic heterocycles. The van der Waals surface area contributed by atoms with Crippen LogP contribution in [0.15, 0.2) is 18.2 Å². The van der Waals surface area contributed by atoms with Crippen molar-refractivity contribution in [3.63, 3.8) is 0 Å². The molecule has 2 rings (SSSR count). The topological polar surface area (TPSA) is 17.8 Å². The molecule has 0 aliphatic heterocycles. The molecule has 0 bridgehead atoms. The Hall–Kier alpha value is -0.730. The molecule has 0 aliphatic rings. The lowest BCUT2D eigenvalue weighted by atomic mass is 10.0. The zero-order valence-corrected chi connectivity index (χ0v) is 14.7. The van der Waals surface area contributed by atoms with Crippen LogP contribution in [0, 0.1) is 5.92 Å². The van der Waals surface area contributed by atoms with E-state index in [2.05, 4.69) is 36.4 Å². The Morgan fingerprint density at radius 2 is 1.86 bits per heavy atom. The summed E-state index contributed by atoms with van der Waals surface area (Å²) in [5.74, 6) is 1.66. The molecule has 0 saturated heterocycles. The lowest BCUT2D eigenvalue weighted by Crippen LogP contribution is -2.10. The van der Waals surface area contributed by atoms with Crippen molar-refractivity contribution in [2.45, 2.75) is 58.4 Å². The third-order valence-electron chi connectivity index (χ3n) is 3.90. The summed E-state index contributed by atoms with van der Waals surface area (Å²) < 4.78 is 2.26. The summed E-state index contributed by atoms with van der Waals surface area (Å²) in [6, 6.07) is 6.32. The van der Waals surface area contributed by atoms with E-state index < -0.39 is 0 Å². The molecule has 2 nitrogen and oxygen atoms in total. The molecule has 1 heterocycles. The number of nitrogens with zero attached hydrogens (tertiary/aromatic N) is 2. The molecular formula is C17H24Cl2N2. The van der Waals surface area contributed by atoms with Gasteiger partial charge in [0, 0.05) is 6.04 Å². The maximum absolute atomic E-state index is 6.33. The van der Waals surface area contributed by atoms with Crippen LogP contribution in [0.4, 0.5) is 0 Å². The van der Waals surface area contributed by atoms with Crippen LogP contribution in [0.3, 0.4) is 0 Å². The highest BCUT2D eigenvalue weighted by Gasteiger charge is 2.20. The summed E-state index contributed by atoms with van der Waals surface area (Å²) >= 11 is 12.6. The second kappa shape index (κ2) is 7.02. The van der Waals surface area contributed by atoms with Crippen LogP contribution in [0.25, 0.3) is 11.0 Å². The SMILES string of the molecule is CC(C)CCCC(C)n1c(C(C)Cl)nc2c(Cl)cccc21. The summed E-state index contributed by atoms with van der Waals surface area (Å²) in [5.41, 5.74) is 1.94. The molecule has 4 heteroatoms. The minimum atomic E-state index is -0.124. The van der Waals surface area contributed by atoms with Gasteiger partial charge in [-0.15, -0.1) is 11.6 Å². The summed E-state index contributed by atoms with van der Waals surface area (Å²) in [5, 5.41) is 0.570. The molecule has 0 spiro atoms. The van der Waals surface area contributed by atoms with Crippen molar-refractivity contribution in [1.29, 1.82) is 0 Å². The highest BCUT2D eigenvalue weighted by molar-refractivity contribution is 6.35. The predicted octanol–water partition coefficient (Wildman–Crippen LogP) is 6.38. The van der Waals surface area contributed by atoms with E-state index in [9.17, 15) is 0 Å². The third kappa shape index (κ3) is 3.73. The van der Waals surface area contributed by atoms with Crippen molar-refractivity contribution in [2.24, 2.45) is 5.92 Å². The highest BCUT2D eigenvalue weighted by atomic mass is 35.5. The number of aromatic nitrogens is 2. The maximum atomic E-state index is 6.33. The first-order valence-electron chi connectivity index (χ1n) is 7.72. The van der Waals surface area contributed by atoms with Crippen LogP contribution in [0.2, 0.25) is 5.02 Å². The Morgan fingerprint density at radius 1 is 1.14 bits per heavy atom. The largest absolute Gasteiger partial charge is 0.324 e. The van der Waals surface area contributed by atoms with E-state index in [1.54, 1.807) is 0 Å². The Labute approximate surface area is 137 Å². The fourth-order valence-corrected chi connectivity index (χ4v) is 3.16. The Morgan fingerprint density at radius 3 is 2.48 bits per heavy atom. The Kier molecular flexibility index (Phi) is 5.56. The van der Waals surface area contributed by atoms with Crippen LogP contribution < -0.4 is 0 Å². The van der Waals surface area contributed by atoms with Gasteiger partial charge >= 0.3 is 0 Å². The van der Waals surface area contributed by atoms with Crippen LogP contribution >= 0.6 is 23.2 Å². The molecule has 0 amide bonds. The van der Waals surface area contributed by atoms with Gasteiger partial charge in [0.2, 0.25) is 0 Å². The third-order valence-corrected chi connectivity index (χ3v) is 4.40. The van der Waals surface area contributed by atoms with Crippen molar-refractivity contribution in [2.75, 3.05) is 0 Å². The van der Waals surface area contributed by atoms with E-state index in [1.165, 1.54) is 12.8 Å². The Balaban J connectivity index is 2.36. The molecule has 21 heavy (non-hydrogen) atoms. The zero-order chi connectivity index (χ0) is 15.6. The van der Waals surface area contributed by atoms with Crippen molar-refractivity contribution in [3.8, 4) is 0 Å². The van der Waals surface area contributed by atoms with Crippen molar-refractivity contribution < 1.29 is 0 Å². The second-order valence-electron chi connectivity index (χ2n) is 6.24. The molecule has 0 radical (unpaired) electrons. The van der Waals surface area contributed by atoms with Gasteiger partial charge in [0.25, 0.3) is 0 Å². The number of para-hydroxylation sites is 1. The zero-order valence-electron chi connectivity index (χ0n) is 13.2. The van der Waals surface area contributed by atoms with E-state index in [-0.39, 0.29) is 5.38 Å². The summed E-state index contributed by atoms with van der Waals surface area (Å²) in [6.07, 6.45) is 3.60. The van der Waals surface area contributed by atoms with Gasteiger partial charge in [0.05, 0.1) is 15.9 Å². The number of halogens is 2. The molecular weight excluding hydrogens is 303 g/mol. The molecule has 116 valence electrons. The van der Waals surface area contributed by atoms with Crippen molar-refractivity contribution in [3.05, 3.63) is 29.0 Å². The van der Waals surface area contributed by atoms with E-state index in [1.807, 2.05) is 19.1 Å². The quantitative estimate of drug-likeness (QED) is 0.563. The number of hydrogen-bond donors (Lipinski definition) is 0. The smallest absolute Gasteiger partial charge is 0.128 e. The fraction of sp³-hybridized carbons (Fsp3) is 0.588. The van der Waals surface area contributed by atoms with Crippen LogP contribution in [-0.4, -0.2) is 9.55 Å². The summed E-state index contributed by atoms with van der Waals surface area (Å²) in [7, 11) is 0. The van der Waals surface area contributed by atoms with Crippen LogP contribution in [-0.2, 0) is 0 Å². The highest BCUT2D eigenvalue weighted by Crippen LogP contribution is 2.33. The van der Waals surface area contributed by atoms with Gasteiger partial charge in [-0.3, -0.25) is 0 Å². The first kappa shape index (κ1) is 16.6. The van der Waals surface area contributed by atoms with E-state index >= 15 is 0 Å². The van der Waals surface area contributed by atoms with Gasteiger partial charge in [-0.2, -0.15) is 0 Å².